The van der Waals surface area contributed by atoms with Crippen molar-refractivity contribution in [2.45, 2.75) is 13.0 Å². The van der Waals surface area contributed by atoms with Crippen molar-refractivity contribution in [3.63, 3.8) is 0 Å². The number of ether oxygens (including phenoxy) is 1. The maximum Gasteiger partial charge on any atom is 0.573 e. The number of halogens is 3. The molecule has 1 aromatic heterocycles. The Morgan fingerprint density at radius 2 is 1.86 bits per heavy atom. The van der Waals surface area contributed by atoms with Crippen LogP contribution in [0.25, 0.3) is 11.3 Å². The number of alkyl halides is 3. The Labute approximate surface area is 123 Å². The first-order valence-electron chi connectivity index (χ1n) is 5.78. The smallest absolute Gasteiger partial charge is 0.406 e. The average molecular weight is 337 g/mol. The minimum atomic E-state index is -4.76. The molecule has 10 heteroatoms. The Kier molecular flexibility index (Phi) is 4.42. The molecule has 0 amide bonds. The Morgan fingerprint density at radius 3 is 2.41 bits per heavy atom. The number of aromatic nitrogens is 1. The molecule has 1 aromatic carbocycles. The molecule has 0 aliphatic heterocycles. The summed E-state index contributed by atoms with van der Waals surface area (Å²) in [5.74, 6) is -0.109. The van der Waals surface area contributed by atoms with Crippen LogP contribution < -0.4 is 4.74 Å². The van der Waals surface area contributed by atoms with Gasteiger partial charge in [-0.05, 0) is 24.3 Å². The summed E-state index contributed by atoms with van der Waals surface area (Å²) in [7, 11) is -3.61. The van der Waals surface area contributed by atoms with E-state index in [0.717, 1.165) is 18.4 Å². The van der Waals surface area contributed by atoms with E-state index >= 15 is 0 Å². The molecule has 0 saturated heterocycles. The summed E-state index contributed by atoms with van der Waals surface area (Å²) in [6, 6.07) is 6.37. The fourth-order valence-corrected chi connectivity index (χ4v) is 1.84. The minimum Gasteiger partial charge on any atom is -0.406 e. The zero-order chi connectivity index (χ0) is 16.4. The fourth-order valence-electron chi connectivity index (χ4n) is 1.50. The Morgan fingerprint density at radius 1 is 1.23 bits per heavy atom. The van der Waals surface area contributed by atoms with E-state index in [1.165, 1.54) is 18.2 Å². The van der Waals surface area contributed by atoms with E-state index in [1.807, 2.05) is 0 Å². The van der Waals surface area contributed by atoms with E-state index < -0.39 is 16.5 Å². The summed E-state index contributed by atoms with van der Waals surface area (Å²) in [5, 5.41) is 3.60. The first-order chi connectivity index (χ1) is 10.1. The highest BCUT2D eigenvalue weighted by Crippen LogP contribution is 2.27. The molecule has 0 unspecified atom stereocenters. The number of hydrogen-bond donors (Lipinski definition) is 0. The second kappa shape index (κ2) is 5.97. The van der Waals surface area contributed by atoms with Gasteiger partial charge in [0.25, 0.3) is 10.1 Å². The SMILES string of the molecule is CS(=O)(=O)OCc1cc(-c2ccc(OC(F)(F)F)cc2)on1. The van der Waals surface area contributed by atoms with Crippen LogP contribution in [0, 0.1) is 0 Å². The van der Waals surface area contributed by atoms with Crippen molar-refractivity contribution in [2.75, 3.05) is 6.26 Å². The van der Waals surface area contributed by atoms with E-state index in [0.29, 0.717) is 5.56 Å². The lowest BCUT2D eigenvalue weighted by Gasteiger charge is -2.08. The highest BCUT2D eigenvalue weighted by atomic mass is 32.2. The van der Waals surface area contributed by atoms with Crippen LogP contribution >= 0.6 is 0 Å². The summed E-state index contributed by atoms with van der Waals surface area (Å²) in [4.78, 5) is 0. The third kappa shape index (κ3) is 5.04. The summed E-state index contributed by atoms with van der Waals surface area (Å²) in [6.45, 7) is -0.294. The van der Waals surface area contributed by atoms with Gasteiger partial charge in [-0.3, -0.25) is 4.18 Å². The zero-order valence-corrected chi connectivity index (χ0v) is 11.9. The van der Waals surface area contributed by atoms with E-state index in [4.69, 9.17) is 4.52 Å². The molecule has 22 heavy (non-hydrogen) atoms. The molecule has 0 radical (unpaired) electrons. The molecular formula is C12H10F3NO5S. The molecular weight excluding hydrogens is 327 g/mol. The standard InChI is InChI=1S/C12H10F3NO5S/c1-22(17,18)19-7-9-6-11(21-16-9)8-2-4-10(5-3-8)20-12(13,14)15/h2-6H,7H2,1H3. The molecule has 0 spiro atoms. The van der Waals surface area contributed by atoms with E-state index in [1.54, 1.807) is 0 Å². The molecule has 0 N–H and O–H groups in total. The van der Waals surface area contributed by atoms with Crippen LogP contribution in [0.5, 0.6) is 5.75 Å². The van der Waals surface area contributed by atoms with Crippen LogP contribution in [-0.2, 0) is 20.9 Å². The van der Waals surface area contributed by atoms with Gasteiger partial charge in [0, 0.05) is 11.6 Å². The van der Waals surface area contributed by atoms with Gasteiger partial charge in [0.05, 0.1) is 6.26 Å². The molecule has 0 aliphatic carbocycles. The number of rotatable bonds is 5. The quantitative estimate of drug-likeness (QED) is 0.781. The maximum absolute atomic E-state index is 12.0. The molecule has 0 bridgehead atoms. The van der Waals surface area contributed by atoms with Gasteiger partial charge in [-0.1, -0.05) is 5.16 Å². The van der Waals surface area contributed by atoms with Gasteiger partial charge in [-0.25, -0.2) is 0 Å². The van der Waals surface area contributed by atoms with Gasteiger partial charge in [0.2, 0.25) is 0 Å². The molecule has 2 aromatic rings. The van der Waals surface area contributed by atoms with Crippen LogP contribution in [0.4, 0.5) is 13.2 Å². The van der Waals surface area contributed by atoms with Crippen LogP contribution in [0.1, 0.15) is 5.69 Å². The van der Waals surface area contributed by atoms with E-state index in [2.05, 4.69) is 14.1 Å². The molecule has 2 rings (SSSR count). The third-order valence-electron chi connectivity index (χ3n) is 2.35. The topological polar surface area (TPSA) is 78.6 Å². The lowest BCUT2D eigenvalue weighted by atomic mass is 10.1. The normalized spacial score (nSPS) is 12.4. The van der Waals surface area contributed by atoms with E-state index in [9.17, 15) is 21.6 Å². The van der Waals surface area contributed by atoms with Gasteiger partial charge < -0.3 is 9.26 Å². The zero-order valence-electron chi connectivity index (χ0n) is 11.1. The lowest BCUT2D eigenvalue weighted by Crippen LogP contribution is -2.16. The van der Waals surface area contributed by atoms with Crippen LogP contribution in [0.3, 0.4) is 0 Å². The Hall–Kier alpha value is -2.07. The minimum absolute atomic E-state index is 0.232. The predicted molar refractivity (Wildman–Crippen MR) is 68.3 cm³/mol. The highest BCUT2D eigenvalue weighted by Gasteiger charge is 2.31. The predicted octanol–water partition coefficient (Wildman–Crippen LogP) is 2.72. The van der Waals surface area contributed by atoms with Gasteiger partial charge >= 0.3 is 6.36 Å². The molecule has 1 heterocycles. The lowest BCUT2D eigenvalue weighted by molar-refractivity contribution is -0.274. The Balaban J connectivity index is 2.08. The average Bonchev–Trinajstić information content (AvgIpc) is 2.83. The van der Waals surface area contributed by atoms with Gasteiger partial charge in [-0.2, -0.15) is 8.42 Å². The van der Waals surface area contributed by atoms with Crippen molar-refractivity contribution in [3.05, 3.63) is 36.0 Å². The number of nitrogens with zero attached hydrogens (tertiary/aromatic N) is 1. The largest absolute Gasteiger partial charge is 0.573 e. The number of hydrogen-bond acceptors (Lipinski definition) is 6. The van der Waals surface area contributed by atoms with Crippen molar-refractivity contribution in [2.24, 2.45) is 0 Å². The van der Waals surface area contributed by atoms with Crippen molar-refractivity contribution in [1.82, 2.24) is 5.16 Å². The monoisotopic (exact) mass is 337 g/mol. The van der Waals surface area contributed by atoms with Crippen molar-refractivity contribution < 1.29 is 35.0 Å². The summed E-state index contributed by atoms with van der Waals surface area (Å²) >= 11 is 0. The van der Waals surface area contributed by atoms with Crippen LogP contribution in [0.2, 0.25) is 0 Å². The first-order valence-corrected chi connectivity index (χ1v) is 7.60. The highest BCUT2D eigenvalue weighted by molar-refractivity contribution is 7.85. The second-order valence-electron chi connectivity index (χ2n) is 4.22. The summed E-state index contributed by atoms with van der Waals surface area (Å²) in [6.07, 6.45) is -3.86. The molecule has 6 nitrogen and oxygen atoms in total. The van der Waals surface area contributed by atoms with Crippen LogP contribution in [-0.4, -0.2) is 26.2 Å². The fraction of sp³-hybridized carbons (Fsp3) is 0.250. The van der Waals surface area contributed by atoms with Gasteiger partial charge in [0.15, 0.2) is 5.76 Å². The van der Waals surface area contributed by atoms with E-state index in [-0.39, 0.29) is 23.8 Å². The second-order valence-corrected chi connectivity index (χ2v) is 5.86. The first kappa shape index (κ1) is 16.3. The maximum atomic E-state index is 12.0. The van der Waals surface area contributed by atoms with Crippen LogP contribution in [0.15, 0.2) is 34.9 Å². The van der Waals surface area contributed by atoms with Crippen molar-refractivity contribution >= 4 is 10.1 Å². The summed E-state index contributed by atoms with van der Waals surface area (Å²) < 4.78 is 71.1. The molecule has 120 valence electrons. The Bertz CT molecular complexity index is 737. The summed E-state index contributed by atoms with van der Waals surface area (Å²) in [5.41, 5.74) is 0.684. The van der Waals surface area contributed by atoms with Crippen molar-refractivity contribution in [3.8, 4) is 17.1 Å². The molecule has 0 atom stereocenters. The number of benzene rings is 1. The van der Waals surface area contributed by atoms with Gasteiger partial charge in [0.1, 0.15) is 18.1 Å². The molecule has 0 aliphatic rings. The third-order valence-corrected chi connectivity index (χ3v) is 2.90. The molecule has 0 saturated carbocycles. The van der Waals surface area contributed by atoms with Gasteiger partial charge in [-0.15, -0.1) is 13.2 Å². The molecule has 0 fully saturated rings. The van der Waals surface area contributed by atoms with Crippen molar-refractivity contribution in [1.29, 1.82) is 0 Å².